The normalized spacial score (nSPS) is 10.4. The maximum atomic E-state index is 5.38. The largest absolute Gasteiger partial charge is 0.467 e. The van der Waals surface area contributed by atoms with Gasteiger partial charge in [-0.1, -0.05) is 19.8 Å². The second kappa shape index (κ2) is 4.90. The minimum Gasteiger partial charge on any atom is -0.467 e. The summed E-state index contributed by atoms with van der Waals surface area (Å²) in [5, 5.41) is 0. The molecule has 0 atom stereocenters. The van der Waals surface area contributed by atoms with Gasteiger partial charge in [0.15, 0.2) is 5.89 Å². The summed E-state index contributed by atoms with van der Waals surface area (Å²) in [4.78, 5) is 4.26. The molecular formula is C10H17NO2. The second-order valence-electron chi connectivity index (χ2n) is 3.14. The van der Waals surface area contributed by atoms with Crippen molar-refractivity contribution in [1.29, 1.82) is 0 Å². The lowest BCUT2D eigenvalue weighted by Gasteiger charge is -1.93. The van der Waals surface area contributed by atoms with E-state index in [1.54, 1.807) is 7.11 Å². The van der Waals surface area contributed by atoms with Crippen molar-refractivity contribution in [2.45, 2.75) is 39.5 Å². The van der Waals surface area contributed by atoms with Gasteiger partial charge < -0.3 is 9.15 Å². The second-order valence-corrected chi connectivity index (χ2v) is 3.14. The standard InChI is InChI=1S/C10H17NO2/c1-4-5-6-7-9-11-8(2)10(12-3)13-9/h4-7H2,1-3H3. The van der Waals surface area contributed by atoms with Crippen LogP contribution in [0.3, 0.4) is 0 Å². The molecule has 13 heavy (non-hydrogen) atoms. The topological polar surface area (TPSA) is 35.3 Å². The van der Waals surface area contributed by atoms with Crippen LogP contribution in [0.5, 0.6) is 5.95 Å². The van der Waals surface area contributed by atoms with Crippen LogP contribution in [0.2, 0.25) is 0 Å². The Kier molecular flexibility index (Phi) is 3.80. The third kappa shape index (κ3) is 2.76. The Balaban J connectivity index is 2.48. The van der Waals surface area contributed by atoms with Crippen LogP contribution in [-0.4, -0.2) is 12.1 Å². The zero-order valence-corrected chi connectivity index (χ0v) is 8.59. The molecule has 0 aliphatic carbocycles. The van der Waals surface area contributed by atoms with E-state index < -0.39 is 0 Å². The summed E-state index contributed by atoms with van der Waals surface area (Å²) in [6, 6.07) is 0. The summed E-state index contributed by atoms with van der Waals surface area (Å²) in [6.07, 6.45) is 4.50. The van der Waals surface area contributed by atoms with Crippen molar-refractivity contribution >= 4 is 0 Å². The SMILES string of the molecule is CCCCCc1nc(C)c(OC)o1. The van der Waals surface area contributed by atoms with Gasteiger partial charge in [0.1, 0.15) is 5.69 Å². The molecule has 0 N–H and O–H groups in total. The summed E-state index contributed by atoms with van der Waals surface area (Å²) in [5.41, 5.74) is 0.842. The minimum absolute atomic E-state index is 0.548. The molecule has 74 valence electrons. The fourth-order valence-corrected chi connectivity index (χ4v) is 1.26. The van der Waals surface area contributed by atoms with E-state index in [2.05, 4.69) is 11.9 Å². The number of unbranched alkanes of at least 4 members (excludes halogenated alkanes) is 2. The van der Waals surface area contributed by atoms with Gasteiger partial charge in [-0.05, 0) is 13.3 Å². The van der Waals surface area contributed by atoms with E-state index in [-0.39, 0.29) is 0 Å². The fraction of sp³-hybridized carbons (Fsp3) is 0.700. The molecule has 1 rings (SSSR count). The Hall–Kier alpha value is -0.990. The Labute approximate surface area is 79.1 Å². The maximum absolute atomic E-state index is 5.38. The molecule has 3 heteroatoms. The smallest absolute Gasteiger partial charge is 0.307 e. The van der Waals surface area contributed by atoms with Crippen molar-refractivity contribution in [2.24, 2.45) is 0 Å². The molecule has 0 bridgehead atoms. The zero-order chi connectivity index (χ0) is 9.68. The zero-order valence-electron chi connectivity index (χ0n) is 8.59. The summed E-state index contributed by atoms with van der Waals surface area (Å²) in [7, 11) is 1.60. The van der Waals surface area contributed by atoms with Crippen molar-refractivity contribution in [3.8, 4) is 5.95 Å². The lowest BCUT2D eigenvalue weighted by Crippen LogP contribution is -1.84. The Morgan fingerprint density at radius 3 is 2.69 bits per heavy atom. The number of hydrogen-bond acceptors (Lipinski definition) is 3. The molecular weight excluding hydrogens is 166 g/mol. The number of ether oxygens (including phenoxy) is 1. The van der Waals surface area contributed by atoms with Gasteiger partial charge in [0.2, 0.25) is 0 Å². The summed E-state index contributed by atoms with van der Waals surface area (Å²) in [5.74, 6) is 1.34. The summed E-state index contributed by atoms with van der Waals surface area (Å²) >= 11 is 0. The Morgan fingerprint density at radius 1 is 1.38 bits per heavy atom. The lowest BCUT2D eigenvalue weighted by atomic mass is 10.2. The molecule has 0 saturated carbocycles. The molecule has 1 aromatic rings. The first kappa shape index (κ1) is 10.1. The Bertz CT molecular complexity index is 255. The summed E-state index contributed by atoms with van der Waals surface area (Å²) < 4.78 is 10.4. The highest BCUT2D eigenvalue weighted by Gasteiger charge is 2.08. The van der Waals surface area contributed by atoms with Gasteiger partial charge in [-0.25, -0.2) is 4.98 Å². The lowest BCUT2D eigenvalue weighted by molar-refractivity contribution is 0.290. The number of aromatic nitrogens is 1. The third-order valence-electron chi connectivity index (χ3n) is 1.98. The van der Waals surface area contributed by atoms with E-state index in [1.165, 1.54) is 12.8 Å². The molecule has 0 aliphatic rings. The quantitative estimate of drug-likeness (QED) is 0.658. The van der Waals surface area contributed by atoms with E-state index in [0.29, 0.717) is 5.95 Å². The monoisotopic (exact) mass is 183 g/mol. The van der Waals surface area contributed by atoms with Crippen molar-refractivity contribution < 1.29 is 9.15 Å². The van der Waals surface area contributed by atoms with E-state index in [4.69, 9.17) is 9.15 Å². The van der Waals surface area contributed by atoms with E-state index in [0.717, 1.165) is 24.4 Å². The fourth-order valence-electron chi connectivity index (χ4n) is 1.26. The minimum atomic E-state index is 0.548. The van der Waals surface area contributed by atoms with E-state index >= 15 is 0 Å². The van der Waals surface area contributed by atoms with Crippen LogP contribution in [0.25, 0.3) is 0 Å². The average Bonchev–Trinajstić information content (AvgIpc) is 2.47. The number of hydrogen-bond donors (Lipinski definition) is 0. The molecule has 3 nitrogen and oxygen atoms in total. The van der Waals surface area contributed by atoms with Crippen LogP contribution in [0.1, 0.15) is 37.8 Å². The van der Waals surface area contributed by atoms with Gasteiger partial charge in [0.25, 0.3) is 0 Å². The van der Waals surface area contributed by atoms with Crippen LogP contribution in [0.4, 0.5) is 0 Å². The molecule has 0 fully saturated rings. The Morgan fingerprint density at radius 2 is 2.15 bits per heavy atom. The molecule has 0 unspecified atom stereocenters. The van der Waals surface area contributed by atoms with E-state index in [9.17, 15) is 0 Å². The van der Waals surface area contributed by atoms with E-state index in [1.807, 2.05) is 6.92 Å². The number of aryl methyl sites for hydroxylation is 2. The van der Waals surface area contributed by atoms with Gasteiger partial charge in [-0.2, -0.15) is 0 Å². The highest BCUT2D eigenvalue weighted by atomic mass is 16.6. The molecule has 0 spiro atoms. The molecule has 0 amide bonds. The highest BCUT2D eigenvalue weighted by molar-refractivity contribution is 5.13. The van der Waals surface area contributed by atoms with Crippen molar-refractivity contribution in [3.63, 3.8) is 0 Å². The van der Waals surface area contributed by atoms with Crippen LogP contribution in [0.15, 0.2) is 4.42 Å². The van der Waals surface area contributed by atoms with Crippen LogP contribution in [0, 0.1) is 6.92 Å². The first-order valence-electron chi connectivity index (χ1n) is 4.78. The third-order valence-corrected chi connectivity index (χ3v) is 1.98. The van der Waals surface area contributed by atoms with Gasteiger partial charge >= 0.3 is 5.95 Å². The molecule has 1 heterocycles. The first-order chi connectivity index (χ1) is 6.27. The number of rotatable bonds is 5. The van der Waals surface area contributed by atoms with Gasteiger partial charge in [0.05, 0.1) is 7.11 Å². The number of nitrogens with zero attached hydrogens (tertiary/aromatic N) is 1. The maximum Gasteiger partial charge on any atom is 0.307 e. The summed E-state index contributed by atoms with van der Waals surface area (Å²) in [6.45, 7) is 4.08. The van der Waals surface area contributed by atoms with Crippen molar-refractivity contribution in [2.75, 3.05) is 7.11 Å². The number of methoxy groups -OCH3 is 1. The van der Waals surface area contributed by atoms with Crippen LogP contribution >= 0.6 is 0 Å². The van der Waals surface area contributed by atoms with Crippen LogP contribution in [-0.2, 0) is 6.42 Å². The average molecular weight is 183 g/mol. The van der Waals surface area contributed by atoms with Gasteiger partial charge in [-0.15, -0.1) is 0 Å². The van der Waals surface area contributed by atoms with Crippen molar-refractivity contribution in [1.82, 2.24) is 4.98 Å². The van der Waals surface area contributed by atoms with Crippen molar-refractivity contribution in [3.05, 3.63) is 11.6 Å². The molecule has 0 aliphatic heterocycles. The predicted molar refractivity (Wildman–Crippen MR) is 51.0 cm³/mol. The molecule has 0 aromatic carbocycles. The highest BCUT2D eigenvalue weighted by Crippen LogP contribution is 2.19. The molecule has 0 radical (unpaired) electrons. The van der Waals surface area contributed by atoms with Gasteiger partial charge in [0, 0.05) is 6.42 Å². The van der Waals surface area contributed by atoms with Gasteiger partial charge in [-0.3, -0.25) is 0 Å². The number of oxazole rings is 1. The predicted octanol–water partition coefficient (Wildman–Crippen LogP) is 2.72. The first-order valence-corrected chi connectivity index (χ1v) is 4.78. The molecule has 0 saturated heterocycles. The van der Waals surface area contributed by atoms with Crippen LogP contribution < -0.4 is 4.74 Å². The molecule has 1 aromatic heterocycles.